The van der Waals surface area contributed by atoms with Gasteiger partial charge in [0, 0.05) is 12.1 Å². The van der Waals surface area contributed by atoms with Crippen LogP contribution in [0.3, 0.4) is 0 Å². The Balaban J connectivity index is 1.68. The van der Waals surface area contributed by atoms with Crippen LogP contribution in [0.25, 0.3) is 10.8 Å². The maximum absolute atomic E-state index is 12.2. The molecule has 0 saturated carbocycles. The summed E-state index contributed by atoms with van der Waals surface area (Å²) in [7, 11) is 0. The fourth-order valence-corrected chi connectivity index (χ4v) is 2.67. The Morgan fingerprint density at radius 3 is 2.46 bits per heavy atom. The highest BCUT2D eigenvalue weighted by molar-refractivity contribution is 6.33. The number of anilines is 1. The van der Waals surface area contributed by atoms with Gasteiger partial charge >= 0.3 is 5.97 Å². The third-order valence-electron chi connectivity index (χ3n) is 3.85. The van der Waals surface area contributed by atoms with E-state index in [1.54, 1.807) is 24.3 Å². The number of benzene rings is 3. The smallest absolute Gasteiger partial charge is 0.342 e. The van der Waals surface area contributed by atoms with E-state index in [9.17, 15) is 24.8 Å². The molecule has 0 aliphatic heterocycles. The van der Waals surface area contributed by atoms with Crippen molar-refractivity contribution in [2.75, 3.05) is 11.9 Å². The van der Waals surface area contributed by atoms with Gasteiger partial charge in [0.2, 0.25) is 0 Å². The van der Waals surface area contributed by atoms with Crippen LogP contribution in [0.1, 0.15) is 10.4 Å². The molecule has 8 nitrogen and oxygen atoms in total. The van der Waals surface area contributed by atoms with Crippen molar-refractivity contribution >= 4 is 45.6 Å². The zero-order valence-corrected chi connectivity index (χ0v) is 15.0. The summed E-state index contributed by atoms with van der Waals surface area (Å²) in [5.41, 5.74) is -0.317. The SMILES string of the molecule is O=C(COC(=O)c1cc2ccccc2cc1O)Nc1cc([N+](=O)[O-])ccc1Cl. The van der Waals surface area contributed by atoms with Crippen LogP contribution in [0, 0.1) is 10.1 Å². The number of nitro groups is 1. The Morgan fingerprint density at radius 2 is 1.79 bits per heavy atom. The predicted molar refractivity (Wildman–Crippen MR) is 103 cm³/mol. The van der Waals surface area contributed by atoms with Crippen LogP contribution in [-0.2, 0) is 9.53 Å². The third-order valence-corrected chi connectivity index (χ3v) is 4.18. The topological polar surface area (TPSA) is 119 Å². The van der Waals surface area contributed by atoms with E-state index in [2.05, 4.69) is 5.32 Å². The Morgan fingerprint density at radius 1 is 1.11 bits per heavy atom. The number of nitro benzene ring substituents is 1. The van der Waals surface area contributed by atoms with E-state index in [4.69, 9.17) is 16.3 Å². The molecule has 0 bridgehead atoms. The van der Waals surface area contributed by atoms with Crippen LogP contribution < -0.4 is 5.32 Å². The van der Waals surface area contributed by atoms with Gasteiger partial charge in [-0.05, 0) is 29.0 Å². The van der Waals surface area contributed by atoms with Gasteiger partial charge in [-0.15, -0.1) is 0 Å². The number of carbonyl (C=O) groups excluding carboxylic acids is 2. The van der Waals surface area contributed by atoms with Gasteiger partial charge < -0.3 is 15.2 Å². The Labute approximate surface area is 163 Å². The molecule has 9 heteroatoms. The first-order valence-corrected chi connectivity index (χ1v) is 8.35. The van der Waals surface area contributed by atoms with Crippen LogP contribution in [0.2, 0.25) is 5.02 Å². The van der Waals surface area contributed by atoms with Gasteiger partial charge in [0.05, 0.1) is 15.6 Å². The number of nitrogens with zero attached hydrogens (tertiary/aromatic N) is 1. The number of esters is 1. The first kappa shape index (κ1) is 19.1. The number of fused-ring (bicyclic) bond motifs is 1. The summed E-state index contributed by atoms with van der Waals surface area (Å²) >= 11 is 5.90. The molecule has 2 N–H and O–H groups in total. The van der Waals surface area contributed by atoms with E-state index in [1.165, 1.54) is 24.3 Å². The molecule has 0 heterocycles. The van der Waals surface area contributed by atoms with Crippen molar-refractivity contribution in [3.05, 3.63) is 75.3 Å². The maximum atomic E-state index is 12.2. The van der Waals surface area contributed by atoms with E-state index in [0.717, 1.165) is 16.8 Å². The molecule has 28 heavy (non-hydrogen) atoms. The fraction of sp³-hybridized carbons (Fsp3) is 0.0526. The number of phenolic OH excluding ortho intramolecular Hbond substituents is 1. The number of phenols is 1. The van der Waals surface area contributed by atoms with Crippen molar-refractivity contribution in [1.29, 1.82) is 0 Å². The van der Waals surface area contributed by atoms with Gasteiger partial charge in [0.15, 0.2) is 6.61 Å². The monoisotopic (exact) mass is 400 g/mol. The number of carbonyl (C=O) groups is 2. The molecular formula is C19H13ClN2O6. The molecule has 0 aliphatic rings. The highest BCUT2D eigenvalue weighted by Crippen LogP contribution is 2.27. The lowest BCUT2D eigenvalue weighted by Gasteiger charge is -2.09. The van der Waals surface area contributed by atoms with E-state index in [1.807, 2.05) is 0 Å². The molecular weight excluding hydrogens is 388 g/mol. The number of aromatic hydroxyl groups is 1. The Kier molecular flexibility index (Phi) is 5.42. The van der Waals surface area contributed by atoms with Crippen molar-refractivity contribution in [1.82, 2.24) is 0 Å². The van der Waals surface area contributed by atoms with Crippen molar-refractivity contribution in [2.24, 2.45) is 0 Å². The first-order valence-electron chi connectivity index (χ1n) is 7.98. The van der Waals surface area contributed by atoms with E-state index in [-0.39, 0.29) is 27.7 Å². The maximum Gasteiger partial charge on any atom is 0.342 e. The van der Waals surface area contributed by atoms with Gasteiger partial charge in [-0.2, -0.15) is 0 Å². The van der Waals surface area contributed by atoms with Crippen LogP contribution in [0.4, 0.5) is 11.4 Å². The molecule has 1 amide bonds. The van der Waals surface area contributed by atoms with Crippen molar-refractivity contribution in [3.63, 3.8) is 0 Å². The third kappa shape index (κ3) is 4.18. The lowest BCUT2D eigenvalue weighted by molar-refractivity contribution is -0.384. The van der Waals surface area contributed by atoms with Gasteiger partial charge in [0.1, 0.15) is 11.3 Å². The van der Waals surface area contributed by atoms with Crippen molar-refractivity contribution < 1.29 is 24.4 Å². The minimum absolute atomic E-state index is 0.0190. The summed E-state index contributed by atoms with van der Waals surface area (Å²) in [5, 5.41) is 24.7. The Bertz CT molecular complexity index is 1100. The summed E-state index contributed by atoms with van der Waals surface area (Å²) in [6, 6.07) is 13.6. The van der Waals surface area contributed by atoms with Crippen molar-refractivity contribution in [2.45, 2.75) is 0 Å². The quantitative estimate of drug-likeness (QED) is 0.381. The van der Waals surface area contributed by atoms with Gasteiger partial charge in [0.25, 0.3) is 11.6 Å². The zero-order chi connectivity index (χ0) is 20.3. The number of non-ortho nitro benzene ring substituents is 1. The molecule has 0 fully saturated rings. The average molecular weight is 401 g/mol. The molecule has 0 radical (unpaired) electrons. The summed E-state index contributed by atoms with van der Waals surface area (Å²) in [6.07, 6.45) is 0. The minimum Gasteiger partial charge on any atom is -0.507 e. The van der Waals surface area contributed by atoms with Crippen molar-refractivity contribution in [3.8, 4) is 5.75 Å². The molecule has 0 aliphatic carbocycles. The van der Waals surface area contributed by atoms with Crippen LogP contribution in [0.15, 0.2) is 54.6 Å². The summed E-state index contributed by atoms with van der Waals surface area (Å²) in [5.74, 6) is -1.90. The van der Waals surface area contributed by atoms with E-state index in [0.29, 0.717) is 0 Å². The normalized spacial score (nSPS) is 10.5. The standard InChI is InChI=1S/C19H13ClN2O6/c20-15-6-5-13(22(26)27)9-16(15)21-18(24)10-28-19(25)14-7-11-3-1-2-4-12(11)8-17(14)23/h1-9,23H,10H2,(H,21,24). The Hall–Kier alpha value is -3.65. The second kappa shape index (κ2) is 7.93. The number of amides is 1. The number of halogens is 1. The van der Waals surface area contributed by atoms with E-state index >= 15 is 0 Å². The molecule has 0 spiro atoms. The lowest BCUT2D eigenvalue weighted by atomic mass is 10.1. The fourth-order valence-electron chi connectivity index (χ4n) is 2.51. The minimum atomic E-state index is -0.886. The average Bonchev–Trinajstić information content (AvgIpc) is 2.67. The molecule has 3 aromatic rings. The second-order valence-corrected chi connectivity index (χ2v) is 6.17. The van der Waals surface area contributed by atoms with Gasteiger partial charge in [-0.1, -0.05) is 35.9 Å². The number of hydrogen-bond acceptors (Lipinski definition) is 6. The summed E-state index contributed by atoms with van der Waals surface area (Å²) in [4.78, 5) is 34.4. The van der Waals surface area contributed by atoms with Gasteiger partial charge in [-0.25, -0.2) is 4.79 Å². The summed E-state index contributed by atoms with van der Waals surface area (Å²) < 4.78 is 4.92. The number of ether oxygens (including phenoxy) is 1. The van der Waals surface area contributed by atoms with Crippen LogP contribution >= 0.6 is 11.6 Å². The first-order chi connectivity index (χ1) is 13.3. The van der Waals surface area contributed by atoms with Gasteiger partial charge in [-0.3, -0.25) is 14.9 Å². The number of nitrogens with one attached hydrogen (secondary N) is 1. The lowest BCUT2D eigenvalue weighted by Crippen LogP contribution is -2.21. The van der Waals surface area contributed by atoms with Crippen LogP contribution in [0.5, 0.6) is 5.75 Å². The number of rotatable bonds is 5. The second-order valence-electron chi connectivity index (χ2n) is 5.76. The molecule has 142 valence electrons. The highest BCUT2D eigenvalue weighted by Gasteiger charge is 2.17. The molecule has 0 aromatic heterocycles. The zero-order valence-electron chi connectivity index (χ0n) is 14.2. The molecule has 3 rings (SSSR count). The largest absolute Gasteiger partial charge is 0.507 e. The number of hydrogen-bond donors (Lipinski definition) is 2. The predicted octanol–water partition coefficient (Wildman–Crippen LogP) is 3.90. The molecule has 0 atom stereocenters. The molecule has 0 saturated heterocycles. The summed E-state index contributed by atoms with van der Waals surface area (Å²) in [6.45, 7) is -0.663. The highest BCUT2D eigenvalue weighted by atomic mass is 35.5. The van der Waals surface area contributed by atoms with Crippen LogP contribution in [-0.4, -0.2) is 28.5 Å². The molecule has 0 unspecified atom stereocenters. The van der Waals surface area contributed by atoms with E-state index < -0.39 is 23.4 Å². The molecule has 3 aromatic carbocycles.